The van der Waals surface area contributed by atoms with Gasteiger partial charge in [0.1, 0.15) is 0 Å². The van der Waals surface area contributed by atoms with Gasteiger partial charge in [0.2, 0.25) is 5.91 Å². The van der Waals surface area contributed by atoms with Gasteiger partial charge in [-0.25, -0.2) is 0 Å². The van der Waals surface area contributed by atoms with Gasteiger partial charge in [-0.2, -0.15) is 0 Å². The lowest BCUT2D eigenvalue weighted by atomic mass is 10.1. The van der Waals surface area contributed by atoms with E-state index in [2.05, 4.69) is 6.92 Å². The summed E-state index contributed by atoms with van der Waals surface area (Å²) in [4.78, 5) is 13.4. The first kappa shape index (κ1) is 16.4. The third-order valence-corrected chi connectivity index (χ3v) is 3.05. The first-order valence-corrected chi connectivity index (χ1v) is 7.00. The SMILES string of the molecule is CCCCCCCCC(=O)N(C)CCC(C)O. The number of hydrogen-bond acceptors (Lipinski definition) is 2. The van der Waals surface area contributed by atoms with Crippen LogP contribution in [0.15, 0.2) is 0 Å². The molecule has 0 aliphatic rings. The highest BCUT2D eigenvalue weighted by Gasteiger charge is 2.08. The summed E-state index contributed by atoms with van der Waals surface area (Å²) in [7, 11) is 1.82. The molecule has 0 aromatic rings. The molecule has 0 aliphatic heterocycles. The van der Waals surface area contributed by atoms with Gasteiger partial charge >= 0.3 is 0 Å². The van der Waals surface area contributed by atoms with Crippen molar-refractivity contribution >= 4 is 5.91 Å². The molecule has 0 bridgehead atoms. The Morgan fingerprint density at radius 3 is 2.35 bits per heavy atom. The summed E-state index contributed by atoms with van der Waals surface area (Å²) < 4.78 is 0. The Morgan fingerprint density at radius 2 is 1.76 bits per heavy atom. The maximum atomic E-state index is 11.7. The summed E-state index contributed by atoms with van der Waals surface area (Å²) in [5.41, 5.74) is 0. The number of nitrogens with zero attached hydrogens (tertiary/aromatic N) is 1. The molecule has 3 heteroatoms. The summed E-state index contributed by atoms with van der Waals surface area (Å²) in [6.45, 7) is 4.62. The molecule has 0 aromatic carbocycles. The molecule has 0 rings (SSSR count). The Kier molecular flexibility index (Phi) is 10.2. The van der Waals surface area contributed by atoms with E-state index in [0.717, 1.165) is 12.8 Å². The molecule has 0 radical (unpaired) electrons. The Bertz CT molecular complexity index is 193. The molecular weight excluding hydrogens is 214 g/mol. The predicted octanol–water partition coefficient (Wildman–Crippen LogP) is 2.97. The van der Waals surface area contributed by atoms with Crippen LogP contribution in [0.4, 0.5) is 0 Å². The summed E-state index contributed by atoms with van der Waals surface area (Å²) in [6.07, 6.45) is 8.28. The molecule has 0 spiro atoms. The molecule has 0 saturated carbocycles. The number of unbranched alkanes of at least 4 members (excludes halogenated alkanes) is 5. The van der Waals surface area contributed by atoms with Crippen LogP contribution in [0.1, 0.15) is 65.2 Å². The van der Waals surface area contributed by atoms with Crippen molar-refractivity contribution in [3.8, 4) is 0 Å². The zero-order valence-electron chi connectivity index (χ0n) is 11.7. The van der Waals surface area contributed by atoms with Crippen LogP contribution in [0.2, 0.25) is 0 Å². The number of hydrogen-bond donors (Lipinski definition) is 1. The first-order chi connectivity index (χ1) is 8.07. The van der Waals surface area contributed by atoms with Gasteiger partial charge in [0.05, 0.1) is 6.10 Å². The third kappa shape index (κ3) is 10.3. The summed E-state index contributed by atoms with van der Waals surface area (Å²) in [5, 5.41) is 9.14. The Morgan fingerprint density at radius 1 is 1.18 bits per heavy atom. The summed E-state index contributed by atoms with van der Waals surface area (Å²) in [5.74, 6) is 0.209. The smallest absolute Gasteiger partial charge is 0.222 e. The number of carbonyl (C=O) groups is 1. The normalized spacial score (nSPS) is 12.5. The molecule has 0 aliphatic carbocycles. The van der Waals surface area contributed by atoms with Gasteiger partial charge in [0.15, 0.2) is 0 Å². The topological polar surface area (TPSA) is 40.5 Å². The van der Waals surface area contributed by atoms with E-state index in [1.807, 2.05) is 7.05 Å². The Balaban J connectivity index is 3.44. The van der Waals surface area contributed by atoms with Crippen LogP contribution < -0.4 is 0 Å². The summed E-state index contributed by atoms with van der Waals surface area (Å²) >= 11 is 0. The first-order valence-electron chi connectivity index (χ1n) is 7.00. The second-order valence-corrected chi connectivity index (χ2v) is 4.97. The Labute approximate surface area is 106 Å². The van der Waals surface area contributed by atoms with Gasteiger partial charge < -0.3 is 10.0 Å². The lowest BCUT2D eigenvalue weighted by Gasteiger charge is -2.17. The largest absolute Gasteiger partial charge is 0.393 e. The van der Waals surface area contributed by atoms with E-state index in [9.17, 15) is 4.79 Å². The molecule has 0 saturated heterocycles. The number of rotatable bonds is 10. The van der Waals surface area contributed by atoms with Gasteiger partial charge in [0.25, 0.3) is 0 Å². The molecule has 1 unspecified atom stereocenters. The second kappa shape index (κ2) is 10.6. The van der Waals surface area contributed by atoms with Crippen molar-refractivity contribution < 1.29 is 9.90 Å². The highest BCUT2D eigenvalue weighted by Crippen LogP contribution is 2.08. The van der Waals surface area contributed by atoms with Crippen molar-refractivity contribution in [2.75, 3.05) is 13.6 Å². The van der Waals surface area contributed by atoms with Crippen molar-refractivity contribution in [2.24, 2.45) is 0 Å². The van der Waals surface area contributed by atoms with Gasteiger partial charge in [-0.05, 0) is 19.8 Å². The second-order valence-electron chi connectivity index (χ2n) is 4.97. The molecule has 3 nitrogen and oxygen atoms in total. The van der Waals surface area contributed by atoms with Gasteiger partial charge in [0, 0.05) is 20.0 Å². The lowest BCUT2D eigenvalue weighted by molar-refractivity contribution is -0.130. The monoisotopic (exact) mass is 243 g/mol. The average molecular weight is 243 g/mol. The molecule has 17 heavy (non-hydrogen) atoms. The zero-order chi connectivity index (χ0) is 13.1. The minimum atomic E-state index is -0.320. The van der Waals surface area contributed by atoms with Crippen LogP contribution in [-0.2, 0) is 4.79 Å². The van der Waals surface area contributed by atoms with Crippen molar-refractivity contribution in [3.05, 3.63) is 0 Å². The lowest BCUT2D eigenvalue weighted by Crippen LogP contribution is -2.29. The van der Waals surface area contributed by atoms with E-state index in [-0.39, 0.29) is 12.0 Å². The molecule has 1 atom stereocenters. The number of aliphatic hydroxyl groups excluding tert-OH is 1. The molecule has 0 fully saturated rings. The standard InChI is InChI=1S/C14H29NO2/c1-4-5-6-7-8-9-10-14(17)15(3)12-11-13(2)16/h13,16H,4-12H2,1-3H3. The fourth-order valence-electron chi connectivity index (χ4n) is 1.75. The summed E-state index contributed by atoms with van der Waals surface area (Å²) in [6, 6.07) is 0. The van der Waals surface area contributed by atoms with Crippen LogP contribution in [-0.4, -0.2) is 35.6 Å². The predicted molar refractivity (Wildman–Crippen MR) is 71.9 cm³/mol. The van der Waals surface area contributed by atoms with Crippen molar-refractivity contribution in [1.82, 2.24) is 4.90 Å². The Hall–Kier alpha value is -0.570. The van der Waals surface area contributed by atoms with E-state index >= 15 is 0 Å². The quantitative estimate of drug-likeness (QED) is 0.599. The van der Waals surface area contributed by atoms with Crippen LogP contribution in [0, 0.1) is 0 Å². The van der Waals surface area contributed by atoms with Crippen molar-refractivity contribution in [1.29, 1.82) is 0 Å². The highest BCUT2D eigenvalue weighted by molar-refractivity contribution is 5.75. The maximum absolute atomic E-state index is 11.7. The van der Waals surface area contributed by atoms with E-state index in [1.165, 1.54) is 25.7 Å². The average Bonchev–Trinajstić information content (AvgIpc) is 2.30. The third-order valence-electron chi connectivity index (χ3n) is 3.05. The van der Waals surface area contributed by atoms with E-state index in [0.29, 0.717) is 19.4 Å². The highest BCUT2D eigenvalue weighted by atomic mass is 16.3. The van der Waals surface area contributed by atoms with E-state index in [4.69, 9.17) is 5.11 Å². The fraction of sp³-hybridized carbons (Fsp3) is 0.929. The van der Waals surface area contributed by atoms with E-state index < -0.39 is 0 Å². The number of carbonyl (C=O) groups excluding carboxylic acids is 1. The van der Waals surface area contributed by atoms with Crippen LogP contribution in [0.5, 0.6) is 0 Å². The van der Waals surface area contributed by atoms with Crippen LogP contribution in [0.25, 0.3) is 0 Å². The zero-order valence-corrected chi connectivity index (χ0v) is 11.7. The van der Waals surface area contributed by atoms with Gasteiger partial charge in [-0.3, -0.25) is 4.79 Å². The number of amides is 1. The van der Waals surface area contributed by atoms with Gasteiger partial charge in [-0.15, -0.1) is 0 Å². The van der Waals surface area contributed by atoms with Gasteiger partial charge in [-0.1, -0.05) is 39.0 Å². The molecule has 0 aromatic heterocycles. The molecule has 102 valence electrons. The maximum Gasteiger partial charge on any atom is 0.222 e. The molecule has 1 N–H and O–H groups in total. The molecule has 1 amide bonds. The number of aliphatic hydroxyl groups is 1. The minimum Gasteiger partial charge on any atom is -0.393 e. The van der Waals surface area contributed by atoms with Crippen LogP contribution >= 0.6 is 0 Å². The fourth-order valence-corrected chi connectivity index (χ4v) is 1.75. The van der Waals surface area contributed by atoms with Crippen molar-refractivity contribution in [2.45, 2.75) is 71.3 Å². The molecular formula is C14H29NO2. The molecule has 0 heterocycles. The minimum absolute atomic E-state index is 0.209. The van der Waals surface area contributed by atoms with E-state index in [1.54, 1.807) is 11.8 Å². The van der Waals surface area contributed by atoms with Crippen molar-refractivity contribution in [3.63, 3.8) is 0 Å². The van der Waals surface area contributed by atoms with Crippen LogP contribution in [0.3, 0.4) is 0 Å².